The maximum absolute atomic E-state index is 11.6. The number of carbonyl (C=O) groups is 3. The number of hydrogen-bond acceptors (Lipinski definition) is 7. The third kappa shape index (κ3) is 44.0. The second-order valence-electron chi connectivity index (χ2n) is 12.8. The highest BCUT2D eigenvalue weighted by atomic mass is 16.5. The van der Waals surface area contributed by atoms with E-state index < -0.39 is 6.09 Å². The van der Waals surface area contributed by atoms with Crippen molar-refractivity contribution in [1.29, 1.82) is 0 Å². The fourth-order valence-electron chi connectivity index (χ4n) is 5.20. The Kier molecular flexibility index (Phi) is 42.2. The Labute approximate surface area is 290 Å². The Morgan fingerprint density at radius 3 is 1.15 bits per heavy atom. The van der Waals surface area contributed by atoms with Crippen LogP contribution in [-0.4, -0.2) is 58.2 Å². The van der Waals surface area contributed by atoms with E-state index in [2.05, 4.69) is 30.9 Å². The molecule has 278 valence electrons. The average Bonchev–Trinajstić information content (AvgIpc) is 3.07. The van der Waals surface area contributed by atoms with Gasteiger partial charge in [0.2, 0.25) is 0 Å². The number of carbonyl (C=O) groups excluding carboxylic acids is 3. The Morgan fingerprint density at radius 2 is 0.787 bits per heavy atom. The van der Waals surface area contributed by atoms with E-state index in [4.69, 9.17) is 14.2 Å². The van der Waals surface area contributed by atoms with Gasteiger partial charge in [0.1, 0.15) is 0 Å². The molecule has 0 atom stereocenters. The molecule has 47 heavy (non-hydrogen) atoms. The van der Waals surface area contributed by atoms with Gasteiger partial charge in [0.25, 0.3) is 0 Å². The molecule has 0 bridgehead atoms. The molecule has 0 unspecified atom stereocenters. The van der Waals surface area contributed by atoms with E-state index in [0.717, 1.165) is 64.3 Å². The van der Waals surface area contributed by atoms with Gasteiger partial charge in [-0.2, -0.15) is 4.99 Å². The fourth-order valence-corrected chi connectivity index (χ4v) is 5.20. The first-order valence-corrected chi connectivity index (χ1v) is 19.6. The number of amides is 1. The zero-order valence-electron chi connectivity index (χ0n) is 31.2. The van der Waals surface area contributed by atoms with Crippen LogP contribution in [0.4, 0.5) is 4.79 Å². The summed E-state index contributed by atoms with van der Waals surface area (Å²) in [6.07, 6.45) is 31.8. The minimum atomic E-state index is -0.643. The number of nitrogens with zero attached hydrogens (tertiary/aromatic N) is 1. The van der Waals surface area contributed by atoms with Crippen molar-refractivity contribution in [2.45, 2.75) is 194 Å². The normalized spacial score (nSPS) is 10.6. The monoisotopic (exact) mass is 669 g/mol. The molecular formula is C39H76N2O6. The lowest BCUT2D eigenvalue weighted by Gasteiger charge is -2.05. The highest BCUT2D eigenvalue weighted by Gasteiger charge is 2.04. The highest BCUT2D eigenvalue weighted by Crippen LogP contribution is 2.12. The van der Waals surface area contributed by atoms with Crippen LogP contribution >= 0.6 is 0 Å². The SMILES string of the molecule is C=NC(=O)OCCCCCC(=O)OCCCCCCCCCCCC.CCCCCCCCCCCCOC(=O)CCCCCNC. The van der Waals surface area contributed by atoms with Crippen molar-refractivity contribution < 1.29 is 28.6 Å². The van der Waals surface area contributed by atoms with Crippen molar-refractivity contribution in [3.8, 4) is 0 Å². The maximum atomic E-state index is 11.6. The predicted octanol–water partition coefficient (Wildman–Crippen LogP) is 11.1. The van der Waals surface area contributed by atoms with E-state index in [0.29, 0.717) is 32.7 Å². The summed E-state index contributed by atoms with van der Waals surface area (Å²) >= 11 is 0. The van der Waals surface area contributed by atoms with Gasteiger partial charge < -0.3 is 19.5 Å². The van der Waals surface area contributed by atoms with Crippen LogP contribution in [0.3, 0.4) is 0 Å². The molecule has 0 aliphatic heterocycles. The molecule has 1 amide bonds. The summed E-state index contributed by atoms with van der Waals surface area (Å²) in [6, 6.07) is 0. The fraction of sp³-hybridized carbons (Fsp3) is 0.897. The molecule has 0 saturated carbocycles. The number of aliphatic imine (C=N–C) groups is 1. The van der Waals surface area contributed by atoms with E-state index in [1.54, 1.807) is 0 Å². The minimum Gasteiger partial charge on any atom is -0.466 e. The lowest BCUT2D eigenvalue weighted by molar-refractivity contribution is -0.144. The summed E-state index contributed by atoms with van der Waals surface area (Å²) in [6.45, 7) is 10.1. The zero-order valence-corrected chi connectivity index (χ0v) is 31.2. The van der Waals surface area contributed by atoms with Gasteiger partial charge in [-0.25, -0.2) is 4.79 Å². The third-order valence-corrected chi connectivity index (χ3v) is 8.21. The number of unbranched alkanes of at least 4 members (excludes halogenated alkanes) is 22. The molecule has 8 heteroatoms. The van der Waals surface area contributed by atoms with Crippen LogP contribution in [0.1, 0.15) is 194 Å². The maximum Gasteiger partial charge on any atom is 0.432 e. The van der Waals surface area contributed by atoms with Gasteiger partial charge >= 0.3 is 18.0 Å². The van der Waals surface area contributed by atoms with Crippen LogP contribution in [0.5, 0.6) is 0 Å². The van der Waals surface area contributed by atoms with Gasteiger partial charge in [0.15, 0.2) is 0 Å². The van der Waals surface area contributed by atoms with Crippen molar-refractivity contribution in [3.05, 3.63) is 0 Å². The standard InChI is InChI=1S/C20H37NO4.C19H39NO2/c1-3-4-5-6-7-8-9-10-11-14-17-24-19(22)16-13-12-15-18-25-20(23)21-2;1-3-4-5-6-7-8-9-10-11-15-18-22-19(21)16-13-12-14-17-20-2/h2-18H2,1H3;20H,3-18H2,1-2H3. The number of hydrogen-bond donors (Lipinski definition) is 1. The summed E-state index contributed by atoms with van der Waals surface area (Å²) in [5.41, 5.74) is 0. The van der Waals surface area contributed by atoms with E-state index in [9.17, 15) is 14.4 Å². The first-order valence-electron chi connectivity index (χ1n) is 19.6. The van der Waals surface area contributed by atoms with Crippen molar-refractivity contribution in [2.24, 2.45) is 4.99 Å². The molecule has 0 fully saturated rings. The molecule has 0 spiro atoms. The Bertz CT molecular complexity index is 688. The minimum absolute atomic E-state index is 0.0135. The Balaban J connectivity index is 0. The molecular weight excluding hydrogens is 592 g/mol. The van der Waals surface area contributed by atoms with Crippen LogP contribution < -0.4 is 5.32 Å². The van der Waals surface area contributed by atoms with Crippen LogP contribution in [-0.2, 0) is 23.8 Å². The zero-order chi connectivity index (χ0) is 34.9. The molecule has 0 rings (SSSR count). The topological polar surface area (TPSA) is 103 Å². The second kappa shape index (κ2) is 42.1. The average molecular weight is 669 g/mol. The van der Waals surface area contributed by atoms with E-state index >= 15 is 0 Å². The molecule has 0 radical (unpaired) electrons. The summed E-state index contributed by atoms with van der Waals surface area (Å²) < 4.78 is 15.3. The Morgan fingerprint density at radius 1 is 0.468 bits per heavy atom. The van der Waals surface area contributed by atoms with Gasteiger partial charge in [0, 0.05) is 12.8 Å². The van der Waals surface area contributed by atoms with E-state index in [1.165, 1.54) is 109 Å². The summed E-state index contributed by atoms with van der Waals surface area (Å²) in [5.74, 6) is -0.138. The number of ether oxygens (including phenoxy) is 3. The van der Waals surface area contributed by atoms with E-state index in [1.807, 2.05) is 7.05 Å². The highest BCUT2D eigenvalue weighted by molar-refractivity contribution is 5.72. The van der Waals surface area contributed by atoms with Crippen LogP contribution in [0.2, 0.25) is 0 Å². The number of nitrogens with one attached hydrogen (secondary N) is 1. The largest absolute Gasteiger partial charge is 0.466 e. The molecule has 0 aliphatic rings. The molecule has 0 aromatic heterocycles. The summed E-state index contributed by atoms with van der Waals surface area (Å²) in [7, 11) is 1.96. The van der Waals surface area contributed by atoms with Gasteiger partial charge in [-0.05, 0) is 65.3 Å². The smallest absolute Gasteiger partial charge is 0.432 e. The van der Waals surface area contributed by atoms with Crippen molar-refractivity contribution >= 4 is 24.7 Å². The third-order valence-electron chi connectivity index (χ3n) is 8.21. The van der Waals surface area contributed by atoms with Crippen LogP contribution in [0.15, 0.2) is 4.99 Å². The van der Waals surface area contributed by atoms with Crippen molar-refractivity contribution in [2.75, 3.05) is 33.4 Å². The summed E-state index contributed by atoms with van der Waals surface area (Å²) in [4.78, 5) is 36.9. The molecule has 1 N–H and O–H groups in total. The van der Waals surface area contributed by atoms with Gasteiger partial charge in [-0.3, -0.25) is 9.59 Å². The van der Waals surface area contributed by atoms with Gasteiger partial charge in [-0.1, -0.05) is 136 Å². The molecule has 8 nitrogen and oxygen atoms in total. The van der Waals surface area contributed by atoms with Crippen LogP contribution in [0.25, 0.3) is 0 Å². The van der Waals surface area contributed by atoms with Crippen molar-refractivity contribution in [3.63, 3.8) is 0 Å². The lowest BCUT2D eigenvalue weighted by atomic mass is 10.1. The van der Waals surface area contributed by atoms with Gasteiger partial charge in [0.05, 0.1) is 19.8 Å². The molecule has 0 heterocycles. The second-order valence-corrected chi connectivity index (χ2v) is 12.8. The first kappa shape index (κ1) is 47.2. The van der Waals surface area contributed by atoms with Crippen molar-refractivity contribution in [1.82, 2.24) is 5.32 Å². The molecule has 0 saturated heterocycles. The Hall–Kier alpha value is -1.96. The van der Waals surface area contributed by atoms with Gasteiger partial charge in [-0.15, -0.1) is 0 Å². The first-order chi connectivity index (χ1) is 23.0. The molecule has 0 aromatic carbocycles. The van der Waals surface area contributed by atoms with E-state index in [-0.39, 0.29) is 11.9 Å². The molecule has 0 aromatic rings. The molecule has 0 aliphatic carbocycles. The lowest BCUT2D eigenvalue weighted by Crippen LogP contribution is -2.08. The number of rotatable bonds is 34. The quantitative estimate of drug-likeness (QED) is 0.0315. The number of esters is 2. The predicted molar refractivity (Wildman–Crippen MR) is 197 cm³/mol. The summed E-state index contributed by atoms with van der Waals surface area (Å²) in [5, 5.41) is 3.11. The van der Waals surface area contributed by atoms with Crippen LogP contribution in [0, 0.1) is 0 Å².